The van der Waals surface area contributed by atoms with Crippen molar-refractivity contribution in [2.45, 2.75) is 0 Å². The summed E-state index contributed by atoms with van der Waals surface area (Å²) in [6.45, 7) is 0.866. The van der Waals surface area contributed by atoms with Crippen LogP contribution in [0.25, 0.3) is 38.1 Å². The summed E-state index contributed by atoms with van der Waals surface area (Å²) in [5.74, 6) is 0. The first-order chi connectivity index (χ1) is 14.3. The van der Waals surface area contributed by atoms with Gasteiger partial charge in [0.2, 0.25) is 0 Å². The van der Waals surface area contributed by atoms with Crippen LogP contribution in [0.15, 0.2) is 84.9 Å². The minimum atomic E-state index is 0.866. The van der Waals surface area contributed by atoms with Crippen molar-refractivity contribution in [1.29, 1.82) is 0 Å². The molecule has 6 aromatic rings. The van der Waals surface area contributed by atoms with Crippen molar-refractivity contribution in [2.24, 2.45) is 0 Å². The zero-order valence-corrected chi connectivity index (χ0v) is 16.1. The van der Waals surface area contributed by atoms with E-state index in [9.17, 15) is 0 Å². The van der Waals surface area contributed by atoms with Gasteiger partial charge in [-0.05, 0) is 36.4 Å². The molecule has 0 radical (unpaired) electrons. The van der Waals surface area contributed by atoms with Crippen LogP contribution in [0.1, 0.15) is 0 Å². The number of rotatable bonds is 1. The lowest BCUT2D eigenvalue weighted by Crippen LogP contribution is -2.23. The quantitative estimate of drug-likeness (QED) is 0.331. The van der Waals surface area contributed by atoms with E-state index in [1.807, 2.05) is 0 Å². The Balaban J connectivity index is 1.63. The van der Waals surface area contributed by atoms with Gasteiger partial charge in [-0.1, -0.05) is 48.5 Å². The van der Waals surface area contributed by atoms with E-state index >= 15 is 0 Å². The second-order valence-corrected chi connectivity index (χ2v) is 8.02. The highest BCUT2D eigenvalue weighted by Crippen LogP contribution is 2.45. The Kier molecular flexibility index (Phi) is 2.73. The number of hydrogen-bond acceptors (Lipinski definition) is 2. The van der Waals surface area contributed by atoms with Gasteiger partial charge in [0.25, 0.3) is 0 Å². The normalized spacial score (nSPS) is 14.1. The largest absolute Gasteiger partial charge is 0.355 e. The fraction of sp³-hybridized carbons (Fsp3) is 0.0769. The summed E-state index contributed by atoms with van der Waals surface area (Å²) in [5, 5.41) is 5.30. The van der Waals surface area contributed by atoms with Crippen LogP contribution in [0, 0.1) is 0 Å². The van der Waals surface area contributed by atoms with Crippen molar-refractivity contribution in [3.8, 4) is 0 Å². The van der Waals surface area contributed by atoms with Crippen molar-refractivity contribution in [3.05, 3.63) is 84.9 Å². The van der Waals surface area contributed by atoms with E-state index in [0.717, 1.165) is 6.67 Å². The maximum Gasteiger partial charge on any atom is 0.0950 e. The lowest BCUT2D eigenvalue weighted by Gasteiger charge is -2.20. The van der Waals surface area contributed by atoms with Crippen LogP contribution in [-0.2, 0) is 0 Å². The number of benzene rings is 4. The van der Waals surface area contributed by atoms with E-state index in [2.05, 4.69) is 106 Å². The lowest BCUT2D eigenvalue weighted by atomic mass is 10.1. The Morgan fingerprint density at radius 1 is 0.621 bits per heavy atom. The van der Waals surface area contributed by atoms with Gasteiger partial charge in [-0.25, -0.2) is 0 Å². The molecule has 0 atom stereocenters. The number of aromatic nitrogens is 1. The van der Waals surface area contributed by atoms with Crippen molar-refractivity contribution in [1.82, 2.24) is 4.40 Å². The molecular formula is C26H19N3. The summed E-state index contributed by atoms with van der Waals surface area (Å²) in [5.41, 5.74) is 7.71. The molecule has 0 aliphatic carbocycles. The fourth-order valence-corrected chi connectivity index (χ4v) is 5.19. The highest BCUT2D eigenvalue weighted by atomic mass is 15.4. The number of hydrogen-bond donors (Lipinski definition) is 0. The minimum Gasteiger partial charge on any atom is -0.355 e. The highest BCUT2D eigenvalue weighted by Gasteiger charge is 2.26. The Hall–Kier alpha value is -3.72. The first kappa shape index (κ1) is 15.2. The Morgan fingerprint density at radius 2 is 1.17 bits per heavy atom. The monoisotopic (exact) mass is 373 g/mol. The average Bonchev–Trinajstić information content (AvgIpc) is 3.40. The molecule has 0 N–H and O–H groups in total. The average molecular weight is 373 g/mol. The summed E-state index contributed by atoms with van der Waals surface area (Å²) in [6, 6.07) is 31.0. The Morgan fingerprint density at radius 3 is 1.83 bits per heavy atom. The molecule has 138 valence electrons. The first-order valence-electron chi connectivity index (χ1n) is 10.1. The third-order valence-electron chi connectivity index (χ3n) is 6.44. The molecule has 0 saturated heterocycles. The first-order valence-corrected chi connectivity index (χ1v) is 10.1. The summed E-state index contributed by atoms with van der Waals surface area (Å²) >= 11 is 0. The summed E-state index contributed by atoms with van der Waals surface area (Å²) in [6.07, 6.45) is 0. The predicted octanol–water partition coefficient (Wildman–Crippen LogP) is 6.38. The number of anilines is 3. The van der Waals surface area contributed by atoms with E-state index in [1.54, 1.807) is 0 Å². The van der Waals surface area contributed by atoms with Crippen LogP contribution >= 0.6 is 0 Å². The van der Waals surface area contributed by atoms with Crippen LogP contribution < -0.4 is 9.80 Å². The molecular weight excluding hydrogens is 354 g/mol. The van der Waals surface area contributed by atoms with Crippen molar-refractivity contribution >= 4 is 55.2 Å². The van der Waals surface area contributed by atoms with Gasteiger partial charge in [-0.2, -0.15) is 0 Å². The van der Waals surface area contributed by atoms with Crippen molar-refractivity contribution < 1.29 is 0 Å². The molecule has 3 heterocycles. The van der Waals surface area contributed by atoms with Crippen LogP contribution in [-0.4, -0.2) is 18.1 Å². The topological polar surface area (TPSA) is 10.9 Å². The van der Waals surface area contributed by atoms with Crippen LogP contribution in [0.4, 0.5) is 17.1 Å². The third-order valence-corrected chi connectivity index (χ3v) is 6.44. The van der Waals surface area contributed by atoms with Gasteiger partial charge in [-0.3, -0.25) is 0 Å². The molecule has 4 aromatic carbocycles. The number of fused-ring (bicyclic) bond motifs is 7. The van der Waals surface area contributed by atoms with Crippen LogP contribution in [0.5, 0.6) is 0 Å². The molecule has 3 heteroatoms. The van der Waals surface area contributed by atoms with Gasteiger partial charge < -0.3 is 14.2 Å². The molecule has 29 heavy (non-hydrogen) atoms. The lowest BCUT2D eigenvalue weighted by molar-refractivity contribution is 0.951. The molecule has 0 unspecified atom stereocenters. The van der Waals surface area contributed by atoms with E-state index in [4.69, 9.17) is 0 Å². The highest BCUT2D eigenvalue weighted by molar-refractivity contribution is 6.24. The van der Waals surface area contributed by atoms with Gasteiger partial charge in [0, 0.05) is 34.3 Å². The second kappa shape index (κ2) is 5.21. The SMILES string of the molecule is CN1CN(c2cc3c4ccccc4n4c5ccccc5c(c2)c34)c2ccccc21. The van der Waals surface area contributed by atoms with E-state index < -0.39 is 0 Å². The molecule has 3 nitrogen and oxygen atoms in total. The van der Waals surface area contributed by atoms with E-state index in [0.29, 0.717) is 0 Å². The summed E-state index contributed by atoms with van der Waals surface area (Å²) < 4.78 is 2.43. The van der Waals surface area contributed by atoms with Crippen molar-refractivity contribution in [3.63, 3.8) is 0 Å². The standard InChI is InChI=1S/C26H19N3/c1-27-16-28(25-13-7-6-12-24(25)27)17-14-20-18-8-2-4-10-22(18)29-23-11-5-3-9-19(23)21(15-17)26(20)29/h2-15H,16H2,1H3. The molecule has 0 fully saturated rings. The summed E-state index contributed by atoms with van der Waals surface area (Å²) in [7, 11) is 2.16. The molecule has 2 aromatic heterocycles. The molecule has 7 rings (SSSR count). The van der Waals surface area contributed by atoms with Crippen molar-refractivity contribution in [2.75, 3.05) is 23.5 Å². The molecule has 1 aliphatic rings. The van der Waals surface area contributed by atoms with Crippen LogP contribution in [0.3, 0.4) is 0 Å². The van der Waals surface area contributed by atoms with Gasteiger partial charge in [0.1, 0.15) is 0 Å². The molecule has 0 amide bonds. The van der Waals surface area contributed by atoms with Gasteiger partial charge in [0.05, 0.1) is 34.6 Å². The zero-order valence-electron chi connectivity index (χ0n) is 16.1. The van der Waals surface area contributed by atoms with Gasteiger partial charge in [-0.15, -0.1) is 0 Å². The Bertz CT molecular complexity index is 1480. The second-order valence-electron chi connectivity index (χ2n) is 8.02. The molecule has 1 aliphatic heterocycles. The van der Waals surface area contributed by atoms with Crippen LogP contribution in [0.2, 0.25) is 0 Å². The van der Waals surface area contributed by atoms with E-state index in [1.165, 1.54) is 55.2 Å². The molecule has 0 spiro atoms. The van der Waals surface area contributed by atoms with Gasteiger partial charge >= 0.3 is 0 Å². The third kappa shape index (κ3) is 1.82. The maximum absolute atomic E-state index is 2.43. The zero-order chi connectivity index (χ0) is 19.1. The minimum absolute atomic E-state index is 0.866. The summed E-state index contributed by atoms with van der Waals surface area (Å²) in [4.78, 5) is 4.74. The predicted molar refractivity (Wildman–Crippen MR) is 123 cm³/mol. The molecule has 0 bridgehead atoms. The number of nitrogens with zero attached hydrogens (tertiary/aromatic N) is 3. The fourth-order valence-electron chi connectivity index (χ4n) is 5.19. The maximum atomic E-state index is 2.43. The Labute approximate surface area is 168 Å². The van der Waals surface area contributed by atoms with E-state index in [-0.39, 0.29) is 0 Å². The number of para-hydroxylation sites is 4. The smallest absolute Gasteiger partial charge is 0.0950 e. The molecule has 0 saturated carbocycles. The van der Waals surface area contributed by atoms with Gasteiger partial charge in [0.15, 0.2) is 0 Å².